The van der Waals surface area contributed by atoms with E-state index >= 15 is 0 Å². The molecule has 1 aromatic heterocycles. The van der Waals surface area contributed by atoms with E-state index in [1.54, 1.807) is 29.6 Å². The van der Waals surface area contributed by atoms with Gasteiger partial charge in [-0.2, -0.15) is 13.2 Å². The highest BCUT2D eigenvalue weighted by Gasteiger charge is 2.38. The van der Waals surface area contributed by atoms with Crippen LogP contribution in [0.2, 0.25) is 0 Å². The Balaban J connectivity index is 0.000000532. The minimum Gasteiger partial charge on any atom is -0.478 e. The molecule has 0 bridgehead atoms. The molecule has 0 aliphatic carbocycles. The first-order valence-corrected chi connectivity index (χ1v) is 14.9. The van der Waals surface area contributed by atoms with Crippen LogP contribution in [0.5, 0.6) is 0 Å². The number of alkyl halides is 3. The lowest BCUT2D eigenvalue weighted by Gasteiger charge is -2.36. The van der Waals surface area contributed by atoms with E-state index in [4.69, 9.17) is 9.90 Å². The van der Waals surface area contributed by atoms with Crippen molar-refractivity contribution in [2.45, 2.75) is 48.9 Å². The summed E-state index contributed by atoms with van der Waals surface area (Å²) in [6, 6.07) is 7.92. The number of rotatable bonds is 8. The Kier molecular flexibility index (Phi) is 10.6. The minimum absolute atomic E-state index is 0.0639. The third kappa shape index (κ3) is 9.11. The van der Waals surface area contributed by atoms with Gasteiger partial charge in [0.15, 0.2) is 0 Å². The molecule has 3 heterocycles. The average Bonchev–Trinajstić information content (AvgIpc) is 3.44. The van der Waals surface area contributed by atoms with E-state index in [9.17, 15) is 31.5 Å². The number of carboxylic acids is 2. The maximum atomic E-state index is 12.8. The van der Waals surface area contributed by atoms with Crippen molar-refractivity contribution in [3.8, 4) is 0 Å². The van der Waals surface area contributed by atoms with Gasteiger partial charge in [0.1, 0.15) is 4.21 Å². The molecule has 2 aromatic rings. The van der Waals surface area contributed by atoms with Crippen LogP contribution in [-0.2, 0) is 14.8 Å². The van der Waals surface area contributed by atoms with Crippen molar-refractivity contribution in [3.63, 3.8) is 0 Å². The third-order valence-electron chi connectivity index (χ3n) is 6.75. The quantitative estimate of drug-likeness (QED) is 0.393. The van der Waals surface area contributed by atoms with E-state index in [0.717, 1.165) is 43.0 Å². The molecule has 0 radical (unpaired) electrons. The SMILES string of the molecule is O=C(O)C(F)(F)F.O=C(O)c1ccc(N2CCC(CCN3CCCCC3)CC2)c(NS(=O)(=O)c2cccs2)c1. The zero-order valence-corrected chi connectivity index (χ0v) is 22.8. The van der Waals surface area contributed by atoms with Crippen LogP contribution in [0, 0.1) is 5.92 Å². The molecule has 2 aliphatic rings. The lowest BCUT2D eigenvalue weighted by atomic mass is 9.92. The van der Waals surface area contributed by atoms with Crippen molar-refractivity contribution in [3.05, 3.63) is 41.3 Å². The molecule has 3 N–H and O–H groups in total. The first-order chi connectivity index (χ1) is 18.4. The first-order valence-electron chi connectivity index (χ1n) is 12.6. The number of carboxylic acid groups (broad SMARTS) is 2. The third-order valence-corrected chi connectivity index (χ3v) is 9.51. The largest absolute Gasteiger partial charge is 0.490 e. The summed E-state index contributed by atoms with van der Waals surface area (Å²) in [5.41, 5.74) is 1.13. The molecule has 0 saturated carbocycles. The monoisotopic (exact) mass is 591 g/mol. The topological polar surface area (TPSA) is 127 Å². The maximum absolute atomic E-state index is 12.8. The van der Waals surface area contributed by atoms with Gasteiger partial charge < -0.3 is 20.0 Å². The van der Waals surface area contributed by atoms with Crippen molar-refractivity contribution in [1.82, 2.24) is 4.90 Å². The summed E-state index contributed by atoms with van der Waals surface area (Å²) in [6.45, 7) is 5.30. The van der Waals surface area contributed by atoms with E-state index in [0.29, 0.717) is 11.6 Å². The van der Waals surface area contributed by atoms with Crippen LogP contribution in [0.4, 0.5) is 24.5 Å². The molecule has 0 unspecified atom stereocenters. The second kappa shape index (κ2) is 13.5. The van der Waals surface area contributed by atoms with E-state index in [-0.39, 0.29) is 9.77 Å². The molecule has 2 fully saturated rings. The summed E-state index contributed by atoms with van der Waals surface area (Å²) in [5, 5.41) is 18.2. The highest BCUT2D eigenvalue weighted by Crippen LogP contribution is 2.34. The van der Waals surface area contributed by atoms with Gasteiger partial charge in [0.05, 0.1) is 16.9 Å². The van der Waals surface area contributed by atoms with Gasteiger partial charge >= 0.3 is 18.1 Å². The number of benzene rings is 1. The van der Waals surface area contributed by atoms with Gasteiger partial charge in [-0.1, -0.05) is 12.5 Å². The molecule has 0 atom stereocenters. The molecule has 0 amide bonds. The van der Waals surface area contributed by atoms with Crippen LogP contribution >= 0.6 is 11.3 Å². The van der Waals surface area contributed by atoms with E-state index in [2.05, 4.69) is 14.5 Å². The number of halogens is 3. The summed E-state index contributed by atoms with van der Waals surface area (Å²) < 4.78 is 60.2. The average molecular weight is 592 g/mol. The second-order valence-corrected chi connectivity index (χ2v) is 12.4. The van der Waals surface area contributed by atoms with Gasteiger partial charge in [-0.15, -0.1) is 11.3 Å². The molecule has 216 valence electrons. The molecule has 9 nitrogen and oxygen atoms in total. The van der Waals surface area contributed by atoms with Crippen molar-refractivity contribution in [2.75, 3.05) is 42.3 Å². The summed E-state index contributed by atoms with van der Waals surface area (Å²) >= 11 is 1.13. The number of hydrogen-bond donors (Lipinski definition) is 3. The van der Waals surface area contributed by atoms with E-state index < -0.39 is 28.1 Å². The second-order valence-electron chi connectivity index (χ2n) is 9.50. The van der Waals surface area contributed by atoms with Crippen LogP contribution in [0.3, 0.4) is 0 Å². The molecule has 2 aliphatic heterocycles. The van der Waals surface area contributed by atoms with Crippen LogP contribution in [-0.4, -0.2) is 74.4 Å². The molecular weight excluding hydrogens is 559 g/mol. The number of sulfonamides is 1. The Hall–Kier alpha value is -2.84. The van der Waals surface area contributed by atoms with Gasteiger partial charge in [0.2, 0.25) is 0 Å². The smallest absolute Gasteiger partial charge is 0.478 e. The highest BCUT2D eigenvalue weighted by atomic mass is 32.2. The van der Waals surface area contributed by atoms with Gasteiger partial charge in [-0.3, -0.25) is 4.72 Å². The fourth-order valence-electron chi connectivity index (χ4n) is 4.65. The number of aliphatic carboxylic acids is 1. The number of carbonyl (C=O) groups is 2. The number of thiophene rings is 1. The van der Waals surface area contributed by atoms with Crippen LogP contribution in [0.1, 0.15) is 48.9 Å². The van der Waals surface area contributed by atoms with E-state index in [1.807, 2.05) is 0 Å². The fraction of sp³-hybridized carbons (Fsp3) is 0.520. The zero-order valence-electron chi connectivity index (χ0n) is 21.2. The van der Waals surface area contributed by atoms with Crippen molar-refractivity contribution >= 4 is 44.7 Å². The summed E-state index contributed by atoms with van der Waals surface area (Å²) in [6.07, 6.45) is 2.24. The first kappa shape index (κ1) is 30.7. The Morgan fingerprint density at radius 1 is 1.03 bits per heavy atom. The number of nitrogens with zero attached hydrogens (tertiary/aromatic N) is 2. The maximum Gasteiger partial charge on any atom is 0.490 e. The summed E-state index contributed by atoms with van der Waals surface area (Å²) in [5.74, 6) is -3.16. The standard InChI is InChI=1S/C23H31N3O4S2.C2HF3O2/c27-23(28)19-6-7-21(20(17-19)24-32(29,30)22-5-4-16-31-22)26-14-9-18(10-15-26)8-13-25-11-2-1-3-12-25;3-2(4,5)1(6)7/h4-7,16-18,24H,1-3,8-15H2,(H,27,28);(H,6,7). The van der Waals surface area contributed by atoms with Crippen LogP contribution < -0.4 is 9.62 Å². The van der Waals surface area contributed by atoms with Crippen molar-refractivity contribution < 1.29 is 41.4 Å². The van der Waals surface area contributed by atoms with Crippen LogP contribution in [0.25, 0.3) is 0 Å². The molecule has 2 saturated heterocycles. The van der Waals surface area contributed by atoms with E-state index in [1.165, 1.54) is 51.4 Å². The van der Waals surface area contributed by atoms with Crippen molar-refractivity contribution in [1.29, 1.82) is 0 Å². The summed E-state index contributed by atoms with van der Waals surface area (Å²) in [7, 11) is -3.76. The highest BCUT2D eigenvalue weighted by molar-refractivity contribution is 7.94. The van der Waals surface area contributed by atoms with Crippen LogP contribution in [0.15, 0.2) is 39.9 Å². The number of anilines is 2. The Morgan fingerprint density at radius 3 is 2.21 bits per heavy atom. The fourth-order valence-corrected chi connectivity index (χ4v) is 6.71. The zero-order chi connectivity index (χ0) is 28.6. The molecule has 0 spiro atoms. The number of piperidine rings is 2. The lowest BCUT2D eigenvalue weighted by Crippen LogP contribution is -2.36. The van der Waals surface area contributed by atoms with Gasteiger partial charge in [0, 0.05) is 13.1 Å². The summed E-state index contributed by atoms with van der Waals surface area (Å²) in [4.78, 5) is 25.1. The predicted molar refractivity (Wildman–Crippen MR) is 142 cm³/mol. The van der Waals surface area contributed by atoms with Gasteiger partial charge in [-0.25, -0.2) is 18.0 Å². The molecular formula is C25H32F3N3O6S2. The lowest BCUT2D eigenvalue weighted by molar-refractivity contribution is -0.192. The number of hydrogen-bond acceptors (Lipinski definition) is 7. The Labute approximate surface area is 229 Å². The normalized spacial score (nSPS) is 17.3. The number of nitrogens with one attached hydrogen (secondary N) is 1. The Morgan fingerprint density at radius 2 is 1.67 bits per heavy atom. The van der Waals surface area contributed by atoms with Gasteiger partial charge in [0.25, 0.3) is 10.0 Å². The molecule has 39 heavy (non-hydrogen) atoms. The number of aromatic carboxylic acids is 1. The predicted octanol–water partition coefficient (Wildman–Crippen LogP) is 4.97. The van der Waals surface area contributed by atoms with Gasteiger partial charge in [-0.05, 0) is 87.3 Å². The molecule has 14 heteroatoms. The number of likely N-dealkylation sites (tertiary alicyclic amines) is 1. The molecule has 1 aromatic carbocycles. The van der Waals surface area contributed by atoms with Crippen molar-refractivity contribution in [2.24, 2.45) is 5.92 Å². The Bertz CT molecular complexity index is 1210. The molecule has 4 rings (SSSR count). The minimum atomic E-state index is -5.08.